The van der Waals surface area contributed by atoms with Crippen LogP contribution in [0.5, 0.6) is 11.8 Å². The van der Waals surface area contributed by atoms with Crippen molar-refractivity contribution in [2.45, 2.75) is 79.0 Å². The number of carboxylic acid groups (broad SMARTS) is 1. The molecular formula is C41H56FN11O9S2-2. The maximum atomic E-state index is 12.6. The standard InChI is InChI=1S/C21H27N5O4S.C15H19N3O3.C5H9N3O2S.FH.H/c1-14-11-25(6)12-17(14)31(28,29)24-20(27)16-7-8-18(22-15(16)2)26-10-9-19(23-26)30-13-21(3,4)5;1-10-11(14(19)20)5-6-12(16-10)18-8-7-13(17-18)21-9-15(2,3)4;1-4-5(11(6,9)10)3-8(2)7-4;;/h7-12H,13H2,1-6H3,(H,24,27);5-8H,9H2,1-4H3,(H,19,20);3H,1-2H3,(H2,6,9,10);1H;/q;;;;-1/p-1/i;;;;1+1. The minimum Gasteiger partial charge on any atom is -1.00 e. The topological polar surface area (TPSA) is 263 Å². The van der Waals surface area contributed by atoms with Gasteiger partial charge in [0, 0.05) is 57.2 Å². The van der Waals surface area contributed by atoms with Crippen molar-refractivity contribution in [1.82, 2.24) is 48.6 Å². The minimum atomic E-state index is -3.99. The molecule has 6 aromatic heterocycles. The van der Waals surface area contributed by atoms with Crippen molar-refractivity contribution in [3.05, 3.63) is 101 Å². The first-order valence-corrected chi connectivity index (χ1v) is 22.3. The Labute approximate surface area is 373 Å². The molecule has 6 heterocycles. The molecule has 0 spiro atoms. The summed E-state index contributed by atoms with van der Waals surface area (Å²) in [7, 11) is -4.23. The Morgan fingerprint density at radius 3 is 1.52 bits per heavy atom. The zero-order valence-electron chi connectivity index (χ0n) is 38.8. The van der Waals surface area contributed by atoms with Crippen molar-refractivity contribution in [3.8, 4) is 23.4 Å². The van der Waals surface area contributed by atoms with Crippen molar-refractivity contribution in [2.75, 3.05) is 13.2 Å². The lowest BCUT2D eigenvalue weighted by Crippen LogP contribution is -3.00. The van der Waals surface area contributed by atoms with Crippen LogP contribution in [0, 0.1) is 38.5 Å². The van der Waals surface area contributed by atoms with E-state index < -0.39 is 31.9 Å². The van der Waals surface area contributed by atoms with Gasteiger partial charge in [0.2, 0.25) is 21.8 Å². The number of primary sulfonamides is 1. The van der Waals surface area contributed by atoms with E-state index in [1.165, 1.54) is 33.9 Å². The third-order valence-corrected chi connectivity index (χ3v) is 10.9. The summed E-state index contributed by atoms with van der Waals surface area (Å²) in [6.45, 7) is 20.1. The highest BCUT2D eigenvalue weighted by molar-refractivity contribution is 7.90. The van der Waals surface area contributed by atoms with E-state index in [4.69, 9.17) is 19.7 Å². The number of sulfonamides is 2. The molecule has 0 aromatic carbocycles. The molecule has 0 bridgehead atoms. The van der Waals surface area contributed by atoms with Crippen molar-refractivity contribution in [1.29, 1.82) is 0 Å². The molecule has 350 valence electrons. The third-order valence-electron chi connectivity index (χ3n) is 8.42. The van der Waals surface area contributed by atoms with Crippen LogP contribution in [0.1, 0.15) is 86.3 Å². The predicted octanol–water partition coefficient (Wildman–Crippen LogP) is 1.96. The van der Waals surface area contributed by atoms with Gasteiger partial charge in [0.25, 0.3) is 15.9 Å². The summed E-state index contributed by atoms with van der Waals surface area (Å²) in [6.07, 6.45) is 7.95. The number of carboxylic acids is 1. The number of carbonyl (C=O) groups is 2. The van der Waals surface area contributed by atoms with Gasteiger partial charge in [-0.1, -0.05) is 41.5 Å². The normalized spacial score (nSPS) is 11.6. The Morgan fingerprint density at radius 1 is 0.703 bits per heavy atom. The van der Waals surface area contributed by atoms with Crippen LogP contribution in [-0.2, 0) is 34.1 Å². The van der Waals surface area contributed by atoms with Gasteiger partial charge in [-0.3, -0.25) is 9.48 Å². The molecule has 0 aliphatic heterocycles. The van der Waals surface area contributed by atoms with Crippen LogP contribution in [0.2, 0.25) is 0 Å². The Hall–Kier alpha value is -6.46. The van der Waals surface area contributed by atoms with Crippen LogP contribution < -0.4 is 24.0 Å². The summed E-state index contributed by atoms with van der Waals surface area (Å²) in [6, 6.07) is 9.76. The highest BCUT2D eigenvalue weighted by atomic mass is 32.2. The number of nitrogens with two attached hydrogens (primary N) is 1. The van der Waals surface area contributed by atoms with Gasteiger partial charge in [0.05, 0.1) is 41.4 Å². The Kier molecular flexibility index (Phi) is 16.5. The van der Waals surface area contributed by atoms with Crippen LogP contribution in [0.4, 0.5) is 0 Å². The van der Waals surface area contributed by atoms with Crippen LogP contribution in [0.25, 0.3) is 11.6 Å². The number of aryl methyl sites for hydroxylation is 6. The number of aromatic carboxylic acids is 1. The number of ether oxygens (including phenoxy) is 2. The number of hydrogen-bond acceptors (Lipinski definition) is 13. The fourth-order valence-electron chi connectivity index (χ4n) is 5.48. The number of nitrogens with zero attached hydrogens (tertiary/aromatic N) is 9. The number of aromatic nitrogens is 9. The van der Waals surface area contributed by atoms with E-state index in [-0.39, 0.29) is 37.9 Å². The number of rotatable bonds is 11. The molecule has 0 saturated carbocycles. The van der Waals surface area contributed by atoms with Gasteiger partial charge in [-0.15, -0.1) is 10.2 Å². The fraction of sp³-hybridized carbons (Fsp3) is 0.390. The predicted molar refractivity (Wildman–Crippen MR) is 234 cm³/mol. The molecule has 6 rings (SSSR count). The lowest BCUT2D eigenvalue weighted by molar-refractivity contribution is -0.0000442. The first-order valence-electron chi connectivity index (χ1n) is 19.3. The summed E-state index contributed by atoms with van der Waals surface area (Å²) < 4.78 is 66.3. The molecule has 0 fully saturated rings. The largest absolute Gasteiger partial charge is 1.00 e. The van der Waals surface area contributed by atoms with E-state index in [1.807, 2.05) is 0 Å². The van der Waals surface area contributed by atoms with E-state index in [0.717, 1.165) is 0 Å². The Balaban J connectivity index is 0.000000368. The maximum absolute atomic E-state index is 12.6. The van der Waals surface area contributed by atoms with Crippen LogP contribution >= 0.6 is 0 Å². The number of amides is 1. The van der Waals surface area contributed by atoms with E-state index in [9.17, 15) is 26.4 Å². The lowest BCUT2D eigenvalue weighted by Gasteiger charge is -2.17. The molecular weight excluding hydrogens is 874 g/mol. The third kappa shape index (κ3) is 14.6. The molecule has 23 heteroatoms. The Bertz CT molecular complexity index is 2820. The summed E-state index contributed by atoms with van der Waals surface area (Å²) in [5, 5.41) is 26.3. The average Bonchev–Trinajstić information content (AvgIpc) is 3.96. The van der Waals surface area contributed by atoms with Gasteiger partial charge in [-0.25, -0.2) is 50.8 Å². The van der Waals surface area contributed by atoms with Crippen LogP contribution in [-0.4, -0.2) is 90.9 Å². The monoisotopic (exact) mass is 930 g/mol. The molecule has 0 aliphatic carbocycles. The molecule has 0 unspecified atom stereocenters. The number of carbonyl (C=O) groups excluding carboxylic acids is 1. The van der Waals surface area contributed by atoms with Crippen molar-refractivity contribution >= 4 is 31.9 Å². The number of halogens is 1. The number of pyridine rings is 2. The second-order valence-electron chi connectivity index (χ2n) is 17.0. The highest BCUT2D eigenvalue weighted by Crippen LogP contribution is 2.21. The summed E-state index contributed by atoms with van der Waals surface area (Å²) in [5.74, 6) is 0.312. The number of nitrogens with one attached hydrogen (secondary N) is 1. The zero-order chi connectivity index (χ0) is 47.2. The molecule has 20 nitrogen and oxygen atoms in total. The lowest BCUT2D eigenvalue weighted by atomic mass is 9.99. The van der Waals surface area contributed by atoms with Gasteiger partial charge in [0.15, 0.2) is 11.6 Å². The molecule has 0 aliphatic rings. The fourth-order valence-corrected chi connectivity index (χ4v) is 7.48. The van der Waals surface area contributed by atoms with E-state index in [2.05, 4.69) is 71.5 Å². The molecule has 6 aromatic rings. The highest BCUT2D eigenvalue weighted by Gasteiger charge is 2.24. The summed E-state index contributed by atoms with van der Waals surface area (Å²) in [5.41, 5.74) is 2.22. The molecule has 0 saturated heterocycles. The smallest absolute Gasteiger partial charge is 0.337 e. The number of hydrogen-bond donors (Lipinski definition) is 3. The molecule has 0 atom stereocenters. The van der Waals surface area contributed by atoms with Gasteiger partial charge >= 0.3 is 5.97 Å². The molecule has 1 amide bonds. The quantitative estimate of drug-likeness (QED) is 0.168. The second kappa shape index (κ2) is 20.4. The molecule has 0 radical (unpaired) electrons. The van der Waals surface area contributed by atoms with Crippen LogP contribution in [0.3, 0.4) is 0 Å². The van der Waals surface area contributed by atoms with Gasteiger partial charge in [0.1, 0.15) is 9.79 Å². The average molecular weight is 931 g/mol. The summed E-state index contributed by atoms with van der Waals surface area (Å²) >= 11 is 0. The van der Waals surface area contributed by atoms with E-state index in [1.54, 1.807) is 93.9 Å². The van der Waals surface area contributed by atoms with Crippen molar-refractivity contribution in [2.24, 2.45) is 30.1 Å². The summed E-state index contributed by atoms with van der Waals surface area (Å²) in [4.78, 5) is 32.4. The molecule has 64 heavy (non-hydrogen) atoms. The van der Waals surface area contributed by atoms with Crippen molar-refractivity contribution < 1.29 is 47.1 Å². The van der Waals surface area contributed by atoms with E-state index >= 15 is 0 Å². The van der Waals surface area contributed by atoms with Gasteiger partial charge < -0.3 is 25.3 Å². The van der Waals surface area contributed by atoms with Gasteiger partial charge in [-0.2, -0.15) is 5.10 Å². The minimum absolute atomic E-state index is 0. The molecule has 4 N–H and O–H groups in total. The maximum Gasteiger partial charge on any atom is 0.337 e. The SMILES string of the molecule is Cc1cn(C)cc1S(=O)(=O)NC(=O)c1ccc(-n2ccc(OCC(C)(C)C)n2)nc1C.Cc1nc(-n2ccc(OCC(C)(C)C)n2)ccc1C(=O)O.Cc1nn(C)cc1S(N)(=O)=O.[2H-].[F-]. The zero-order valence-corrected chi connectivity index (χ0v) is 39.4. The first-order chi connectivity index (χ1) is 29.0. The second-order valence-corrected chi connectivity index (χ2v) is 20.2. The van der Waals surface area contributed by atoms with Crippen molar-refractivity contribution in [3.63, 3.8) is 0 Å². The Morgan fingerprint density at radius 2 is 1.17 bits per heavy atom. The first kappa shape index (κ1) is 51.9. The van der Waals surface area contributed by atoms with Crippen LogP contribution in [0.15, 0.2) is 77.2 Å². The van der Waals surface area contributed by atoms with Gasteiger partial charge in [-0.05, 0) is 68.4 Å². The van der Waals surface area contributed by atoms with E-state index in [0.29, 0.717) is 59.3 Å².